The highest BCUT2D eigenvalue weighted by atomic mass is 16.5. The lowest BCUT2D eigenvalue weighted by Gasteiger charge is -2.38. The van der Waals surface area contributed by atoms with Crippen LogP contribution in [0.3, 0.4) is 0 Å². The Labute approximate surface area is 188 Å². The monoisotopic (exact) mass is 438 g/mol. The van der Waals surface area contributed by atoms with Crippen LogP contribution in [0.2, 0.25) is 0 Å². The molecule has 6 heteroatoms. The molecular formula is C26H30O6. The average Bonchev–Trinajstić information content (AvgIpc) is 2.82. The Balaban J connectivity index is 1.84. The van der Waals surface area contributed by atoms with Crippen LogP contribution in [0.4, 0.5) is 0 Å². The number of ketones is 5. The van der Waals surface area contributed by atoms with Crippen molar-refractivity contribution >= 4 is 28.9 Å². The van der Waals surface area contributed by atoms with Crippen LogP contribution in [0.5, 0.6) is 0 Å². The van der Waals surface area contributed by atoms with E-state index in [1.807, 2.05) is 6.92 Å². The summed E-state index contributed by atoms with van der Waals surface area (Å²) < 4.78 is 6.12. The lowest BCUT2D eigenvalue weighted by molar-refractivity contribution is -0.159. The molecular weight excluding hydrogens is 408 g/mol. The molecule has 0 aromatic rings. The van der Waals surface area contributed by atoms with Gasteiger partial charge < -0.3 is 4.74 Å². The zero-order valence-corrected chi connectivity index (χ0v) is 18.9. The molecule has 0 N–H and O–H groups in total. The first-order valence-electron chi connectivity index (χ1n) is 12.0. The zero-order valence-electron chi connectivity index (χ0n) is 18.9. The summed E-state index contributed by atoms with van der Waals surface area (Å²) in [5.74, 6) is -2.84. The Kier molecular flexibility index (Phi) is 6.15. The maximum Gasteiger partial charge on any atom is 0.254 e. The van der Waals surface area contributed by atoms with E-state index in [-0.39, 0.29) is 23.5 Å². The molecule has 32 heavy (non-hydrogen) atoms. The van der Waals surface area contributed by atoms with Gasteiger partial charge in [-0.1, -0.05) is 26.7 Å². The van der Waals surface area contributed by atoms with Gasteiger partial charge in [0.05, 0.1) is 0 Å². The fourth-order valence-electron chi connectivity index (χ4n) is 5.52. The van der Waals surface area contributed by atoms with Crippen LogP contribution in [-0.4, -0.2) is 34.5 Å². The molecule has 1 atom stereocenters. The topological polar surface area (TPSA) is 94.6 Å². The van der Waals surface area contributed by atoms with Crippen molar-refractivity contribution in [3.63, 3.8) is 0 Å². The van der Waals surface area contributed by atoms with Crippen LogP contribution in [0.25, 0.3) is 0 Å². The van der Waals surface area contributed by atoms with E-state index in [0.717, 1.165) is 25.7 Å². The fraction of sp³-hybridized carbons (Fsp3) is 0.577. The van der Waals surface area contributed by atoms with Crippen molar-refractivity contribution in [1.82, 2.24) is 0 Å². The van der Waals surface area contributed by atoms with Gasteiger partial charge in [0.15, 0.2) is 11.5 Å². The van der Waals surface area contributed by atoms with Gasteiger partial charge in [-0.15, -0.1) is 0 Å². The van der Waals surface area contributed by atoms with E-state index < -0.39 is 28.7 Å². The molecule has 0 radical (unpaired) electrons. The maximum absolute atomic E-state index is 13.7. The average molecular weight is 439 g/mol. The molecule has 4 rings (SSSR count). The van der Waals surface area contributed by atoms with Crippen molar-refractivity contribution in [2.24, 2.45) is 0 Å². The second kappa shape index (κ2) is 8.72. The number of rotatable bonds is 6. The predicted octanol–water partition coefficient (Wildman–Crippen LogP) is 4.21. The molecule has 0 saturated carbocycles. The van der Waals surface area contributed by atoms with Crippen LogP contribution in [0.15, 0.2) is 33.6 Å². The number of carbonyl (C=O) groups excluding carboxylic acids is 5. The highest BCUT2D eigenvalue weighted by Gasteiger charge is 2.57. The van der Waals surface area contributed by atoms with E-state index in [4.69, 9.17) is 4.74 Å². The summed E-state index contributed by atoms with van der Waals surface area (Å²) in [5.41, 5.74) is -0.116. The molecule has 170 valence electrons. The third kappa shape index (κ3) is 3.35. The van der Waals surface area contributed by atoms with Gasteiger partial charge in [0.25, 0.3) is 5.78 Å². The normalized spacial score (nSPS) is 26.6. The van der Waals surface area contributed by atoms with E-state index in [1.165, 1.54) is 0 Å². The van der Waals surface area contributed by atoms with Crippen molar-refractivity contribution < 1.29 is 28.7 Å². The Bertz CT molecular complexity index is 1020. The molecule has 1 unspecified atom stereocenters. The first kappa shape index (κ1) is 22.6. The summed E-state index contributed by atoms with van der Waals surface area (Å²) in [6.07, 6.45) is 6.46. The molecule has 0 amide bonds. The van der Waals surface area contributed by atoms with Crippen LogP contribution in [-0.2, 0) is 28.7 Å². The van der Waals surface area contributed by atoms with Gasteiger partial charge in [0.1, 0.15) is 0 Å². The highest BCUT2D eigenvalue weighted by Crippen LogP contribution is 2.43. The number of Topliss-reactive ketones (excluding diaryl/α,β-unsaturated/α-hetero) is 5. The second-order valence-corrected chi connectivity index (χ2v) is 9.21. The number of hydrogen-bond donors (Lipinski definition) is 0. The van der Waals surface area contributed by atoms with Gasteiger partial charge in [0.2, 0.25) is 23.0 Å². The molecule has 0 spiro atoms. The molecule has 0 saturated heterocycles. The van der Waals surface area contributed by atoms with E-state index in [2.05, 4.69) is 0 Å². The maximum atomic E-state index is 13.7. The number of allylic oxidation sites excluding steroid dienone is 4. The summed E-state index contributed by atoms with van der Waals surface area (Å²) >= 11 is 0. The third-order valence-electron chi connectivity index (χ3n) is 7.10. The predicted molar refractivity (Wildman–Crippen MR) is 117 cm³/mol. The summed E-state index contributed by atoms with van der Waals surface area (Å²) in [5, 5.41) is 0. The van der Waals surface area contributed by atoms with Crippen molar-refractivity contribution in [3.8, 4) is 0 Å². The van der Waals surface area contributed by atoms with Gasteiger partial charge in [-0.05, 0) is 57.8 Å². The van der Waals surface area contributed by atoms with Crippen LogP contribution >= 0.6 is 0 Å². The fourth-order valence-corrected chi connectivity index (χ4v) is 5.52. The van der Waals surface area contributed by atoms with Gasteiger partial charge in [-0.2, -0.15) is 0 Å². The van der Waals surface area contributed by atoms with Crippen molar-refractivity contribution in [2.45, 2.75) is 96.5 Å². The Hall–Kier alpha value is -2.63. The van der Waals surface area contributed by atoms with E-state index >= 15 is 0 Å². The number of carbonyl (C=O) groups is 5. The Morgan fingerprint density at radius 2 is 1.19 bits per heavy atom. The molecule has 0 fully saturated rings. The molecule has 0 aromatic carbocycles. The molecule has 6 nitrogen and oxygen atoms in total. The smallest absolute Gasteiger partial charge is 0.254 e. The van der Waals surface area contributed by atoms with Crippen molar-refractivity contribution in [1.29, 1.82) is 0 Å². The summed E-state index contributed by atoms with van der Waals surface area (Å²) in [4.78, 5) is 66.7. The van der Waals surface area contributed by atoms with Gasteiger partial charge >= 0.3 is 0 Å². The Morgan fingerprint density at radius 1 is 0.656 bits per heavy atom. The standard InChI is InChI=1S/C26H30O6/c1-3-9-19-20(27)15-10-5-6-11-16(15)21(28)23(19)32-26(14-4-2)24(30)18-13-8-7-12-17(18)22(29)25(26)31/h3-14H2,1-2H3. The molecule has 0 aromatic heterocycles. The lowest BCUT2D eigenvalue weighted by atomic mass is 9.70. The van der Waals surface area contributed by atoms with Crippen LogP contribution < -0.4 is 0 Å². The lowest BCUT2D eigenvalue weighted by Crippen LogP contribution is -2.57. The van der Waals surface area contributed by atoms with Gasteiger partial charge in [0, 0.05) is 34.3 Å². The molecule has 0 heterocycles. The summed E-state index contributed by atoms with van der Waals surface area (Å²) in [6.45, 7) is 3.70. The van der Waals surface area contributed by atoms with E-state index in [9.17, 15) is 24.0 Å². The highest BCUT2D eigenvalue weighted by molar-refractivity contribution is 6.54. The molecule has 4 aliphatic carbocycles. The van der Waals surface area contributed by atoms with Crippen LogP contribution in [0, 0.1) is 0 Å². The Morgan fingerprint density at radius 3 is 1.75 bits per heavy atom. The SMILES string of the molecule is CCCC1=C(OC2(CCC)C(=O)C(=O)C3=C(CCCC3)C2=O)C(=O)C2=C(CCCC2)C1=O. The first-order valence-corrected chi connectivity index (χ1v) is 12.0. The zero-order chi connectivity index (χ0) is 23.0. The van der Waals surface area contributed by atoms with Gasteiger partial charge in [-0.3, -0.25) is 24.0 Å². The third-order valence-corrected chi connectivity index (χ3v) is 7.10. The molecule has 0 bridgehead atoms. The van der Waals surface area contributed by atoms with Crippen LogP contribution in [0.1, 0.15) is 90.9 Å². The largest absolute Gasteiger partial charge is 0.466 e. The summed E-state index contributed by atoms with van der Waals surface area (Å²) in [6, 6.07) is 0. The molecule has 0 aliphatic heterocycles. The second-order valence-electron chi connectivity index (χ2n) is 9.21. The van der Waals surface area contributed by atoms with Crippen molar-refractivity contribution in [2.75, 3.05) is 0 Å². The van der Waals surface area contributed by atoms with Gasteiger partial charge in [-0.25, -0.2) is 0 Å². The number of ether oxygens (including phenoxy) is 1. The number of hydrogen-bond acceptors (Lipinski definition) is 6. The van der Waals surface area contributed by atoms with E-state index in [0.29, 0.717) is 67.2 Å². The molecule has 4 aliphatic rings. The minimum Gasteiger partial charge on any atom is -0.466 e. The van der Waals surface area contributed by atoms with Crippen molar-refractivity contribution in [3.05, 3.63) is 33.6 Å². The minimum atomic E-state index is -2.04. The quantitative estimate of drug-likeness (QED) is 0.350. The van der Waals surface area contributed by atoms with E-state index in [1.54, 1.807) is 6.92 Å². The minimum absolute atomic E-state index is 0.00344. The first-order chi connectivity index (χ1) is 15.4. The summed E-state index contributed by atoms with van der Waals surface area (Å²) in [7, 11) is 0.